The van der Waals surface area contributed by atoms with Crippen LogP contribution in [0.15, 0.2) is 18.2 Å². The van der Waals surface area contributed by atoms with E-state index in [1.165, 1.54) is 17.5 Å². The van der Waals surface area contributed by atoms with Crippen LogP contribution in [0, 0.1) is 25.2 Å². The second-order valence-electron chi connectivity index (χ2n) is 7.52. The lowest BCUT2D eigenvalue weighted by Crippen LogP contribution is -2.36. The molecule has 0 heterocycles. The monoisotopic (exact) mass is 274 g/mol. The molecule has 0 radical (unpaired) electrons. The molecule has 1 aliphatic carbocycles. The summed E-state index contributed by atoms with van der Waals surface area (Å²) in [5, 5.41) is 11.0. The summed E-state index contributed by atoms with van der Waals surface area (Å²) in [5.74, 6) is 0.749. The number of aryl methyl sites for hydroxylation is 2. The predicted molar refractivity (Wildman–Crippen MR) is 85.8 cm³/mol. The Balaban J connectivity index is 2.15. The van der Waals surface area contributed by atoms with E-state index in [-0.39, 0.29) is 0 Å². The third-order valence-corrected chi connectivity index (χ3v) is 5.59. The van der Waals surface area contributed by atoms with Crippen molar-refractivity contribution < 1.29 is 5.11 Å². The van der Waals surface area contributed by atoms with Gasteiger partial charge in [-0.3, -0.25) is 0 Å². The third kappa shape index (κ3) is 3.09. The summed E-state index contributed by atoms with van der Waals surface area (Å²) in [7, 11) is 0. The number of aliphatic hydroxyl groups is 1. The van der Waals surface area contributed by atoms with Gasteiger partial charge < -0.3 is 5.11 Å². The lowest BCUT2D eigenvalue weighted by Gasteiger charge is -2.43. The average Bonchev–Trinajstić information content (AvgIpc) is 2.38. The molecular weight excluding hydrogens is 244 g/mol. The van der Waals surface area contributed by atoms with Crippen molar-refractivity contribution in [3.63, 3.8) is 0 Å². The van der Waals surface area contributed by atoms with Crippen LogP contribution < -0.4 is 0 Å². The van der Waals surface area contributed by atoms with Crippen molar-refractivity contribution in [2.75, 3.05) is 0 Å². The van der Waals surface area contributed by atoms with Gasteiger partial charge in [0.05, 0.1) is 5.60 Å². The topological polar surface area (TPSA) is 20.2 Å². The molecule has 0 aromatic heterocycles. The first kappa shape index (κ1) is 15.6. The van der Waals surface area contributed by atoms with E-state index in [1.54, 1.807) is 0 Å². The third-order valence-electron chi connectivity index (χ3n) is 5.59. The van der Waals surface area contributed by atoms with Crippen LogP contribution in [0.5, 0.6) is 0 Å². The van der Waals surface area contributed by atoms with Crippen molar-refractivity contribution in [1.29, 1.82) is 0 Å². The normalized spacial score (nSPS) is 27.6. The number of benzene rings is 1. The van der Waals surface area contributed by atoms with Crippen molar-refractivity contribution in [2.24, 2.45) is 11.3 Å². The minimum Gasteiger partial charge on any atom is -0.385 e. The Morgan fingerprint density at radius 1 is 1.10 bits per heavy atom. The Kier molecular flexibility index (Phi) is 4.30. The maximum absolute atomic E-state index is 11.0. The molecule has 1 nitrogen and oxygen atoms in total. The Morgan fingerprint density at radius 3 is 2.05 bits per heavy atom. The highest BCUT2D eigenvalue weighted by Crippen LogP contribution is 2.46. The first-order valence-electron chi connectivity index (χ1n) is 8.08. The molecule has 1 heteroatoms. The average molecular weight is 274 g/mol. The highest BCUT2D eigenvalue weighted by molar-refractivity contribution is 5.32. The molecule has 2 rings (SSSR count). The lowest BCUT2D eigenvalue weighted by atomic mass is 9.65. The van der Waals surface area contributed by atoms with Gasteiger partial charge >= 0.3 is 0 Å². The van der Waals surface area contributed by atoms with Crippen LogP contribution in [0.3, 0.4) is 0 Å². The van der Waals surface area contributed by atoms with Gasteiger partial charge in [0.25, 0.3) is 0 Å². The quantitative estimate of drug-likeness (QED) is 0.811. The summed E-state index contributed by atoms with van der Waals surface area (Å²) < 4.78 is 0. The number of rotatable bonds is 3. The van der Waals surface area contributed by atoms with Crippen molar-refractivity contribution in [1.82, 2.24) is 0 Å². The largest absolute Gasteiger partial charge is 0.385 e. The molecule has 0 unspecified atom stereocenters. The maximum atomic E-state index is 11.0. The van der Waals surface area contributed by atoms with Crippen molar-refractivity contribution in [3.8, 4) is 0 Å². The molecule has 0 spiro atoms. The minimum absolute atomic E-state index is 0.407. The molecule has 20 heavy (non-hydrogen) atoms. The summed E-state index contributed by atoms with van der Waals surface area (Å²) in [6.45, 7) is 11.3. The van der Waals surface area contributed by atoms with Gasteiger partial charge in [-0.2, -0.15) is 0 Å². The van der Waals surface area contributed by atoms with Gasteiger partial charge in [-0.25, -0.2) is 0 Å². The fraction of sp³-hybridized carbons (Fsp3) is 0.684. The first-order valence-corrected chi connectivity index (χ1v) is 8.08. The number of hydrogen-bond donors (Lipinski definition) is 1. The van der Waals surface area contributed by atoms with Crippen molar-refractivity contribution in [2.45, 2.75) is 72.3 Å². The lowest BCUT2D eigenvalue weighted by molar-refractivity contribution is -0.0328. The van der Waals surface area contributed by atoms with Crippen LogP contribution in [0.4, 0.5) is 0 Å². The maximum Gasteiger partial charge on any atom is 0.0897 e. The summed E-state index contributed by atoms with van der Waals surface area (Å²) in [6, 6.07) is 6.51. The standard InChI is InChI=1S/C19H30O/c1-6-18(4,5)16-7-9-19(20,10-8-16)17-12-14(2)11-15(3)13-17/h11-13,16,20H,6-10H2,1-5H3. The molecule has 0 atom stereocenters. The van der Waals surface area contributed by atoms with E-state index in [0.29, 0.717) is 5.41 Å². The molecule has 1 aromatic rings. The van der Waals surface area contributed by atoms with E-state index in [0.717, 1.165) is 37.2 Å². The Morgan fingerprint density at radius 2 is 1.60 bits per heavy atom. The Hall–Kier alpha value is -0.820. The van der Waals surface area contributed by atoms with Gasteiger partial charge in [0.2, 0.25) is 0 Å². The van der Waals surface area contributed by atoms with Crippen LogP contribution >= 0.6 is 0 Å². The van der Waals surface area contributed by atoms with Crippen LogP contribution in [0.1, 0.15) is 69.6 Å². The van der Waals surface area contributed by atoms with Crippen LogP contribution in [0.25, 0.3) is 0 Å². The molecule has 0 bridgehead atoms. The van der Waals surface area contributed by atoms with Crippen LogP contribution in [-0.4, -0.2) is 5.11 Å². The van der Waals surface area contributed by atoms with E-state index < -0.39 is 5.60 Å². The second kappa shape index (κ2) is 5.52. The summed E-state index contributed by atoms with van der Waals surface area (Å²) in [6.07, 6.45) is 5.32. The Bertz CT molecular complexity index is 444. The van der Waals surface area contributed by atoms with Gasteiger partial charge in [0.15, 0.2) is 0 Å². The highest BCUT2D eigenvalue weighted by Gasteiger charge is 2.39. The molecule has 0 aliphatic heterocycles. The Labute approximate surface area is 124 Å². The van der Waals surface area contributed by atoms with E-state index in [4.69, 9.17) is 0 Å². The van der Waals surface area contributed by atoms with Gasteiger partial charge in [-0.05, 0) is 56.4 Å². The zero-order valence-electron chi connectivity index (χ0n) is 13.8. The molecular formula is C19H30O. The first-order chi connectivity index (χ1) is 9.27. The molecule has 0 amide bonds. The summed E-state index contributed by atoms with van der Waals surface area (Å²) >= 11 is 0. The molecule has 112 valence electrons. The van der Waals surface area contributed by atoms with Crippen molar-refractivity contribution >= 4 is 0 Å². The fourth-order valence-electron chi connectivity index (χ4n) is 3.70. The molecule has 1 N–H and O–H groups in total. The summed E-state index contributed by atoms with van der Waals surface area (Å²) in [5.41, 5.74) is 3.44. The number of hydrogen-bond acceptors (Lipinski definition) is 1. The van der Waals surface area contributed by atoms with Gasteiger partial charge in [0.1, 0.15) is 0 Å². The van der Waals surface area contributed by atoms with E-state index in [2.05, 4.69) is 52.8 Å². The van der Waals surface area contributed by atoms with Crippen LogP contribution in [0.2, 0.25) is 0 Å². The molecule has 0 saturated heterocycles. The summed E-state index contributed by atoms with van der Waals surface area (Å²) in [4.78, 5) is 0. The van der Waals surface area contributed by atoms with Gasteiger partial charge in [-0.1, -0.05) is 56.5 Å². The van der Waals surface area contributed by atoms with E-state index in [9.17, 15) is 5.11 Å². The van der Waals surface area contributed by atoms with E-state index in [1.807, 2.05) is 0 Å². The van der Waals surface area contributed by atoms with Crippen LogP contribution in [-0.2, 0) is 5.60 Å². The minimum atomic E-state index is -0.600. The zero-order valence-corrected chi connectivity index (χ0v) is 13.8. The molecule has 1 fully saturated rings. The second-order valence-corrected chi connectivity index (χ2v) is 7.52. The predicted octanol–water partition coefficient (Wildman–Crippen LogP) is 5.12. The van der Waals surface area contributed by atoms with Crippen molar-refractivity contribution in [3.05, 3.63) is 34.9 Å². The SMILES string of the molecule is CCC(C)(C)C1CCC(O)(c2cc(C)cc(C)c2)CC1. The highest BCUT2D eigenvalue weighted by atomic mass is 16.3. The zero-order chi connectivity index (χ0) is 15.0. The molecule has 1 aromatic carbocycles. The molecule has 1 saturated carbocycles. The molecule has 1 aliphatic rings. The smallest absolute Gasteiger partial charge is 0.0897 e. The fourth-order valence-corrected chi connectivity index (χ4v) is 3.70. The van der Waals surface area contributed by atoms with Gasteiger partial charge in [-0.15, -0.1) is 0 Å². The van der Waals surface area contributed by atoms with Gasteiger partial charge in [0, 0.05) is 0 Å². The van der Waals surface area contributed by atoms with E-state index >= 15 is 0 Å².